The molecule has 0 aliphatic carbocycles. The van der Waals surface area contributed by atoms with Crippen LogP contribution >= 0.6 is 23.5 Å². The molecule has 0 saturated carbocycles. The topological polar surface area (TPSA) is 275 Å². The number of carbonyl (C=O) groups excluding carboxylic acids is 1. The van der Waals surface area contributed by atoms with Crippen molar-refractivity contribution in [2.24, 2.45) is 0 Å². The number of carbonyl (C=O) groups is 1. The van der Waals surface area contributed by atoms with Crippen molar-refractivity contribution in [3.63, 3.8) is 0 Å². The van der Waals surface area contributed by atoms with Crippen molar-refractivity contribution in [2.45, 2.75) is 38.2 Å². The third-order valence-corrected chi connectivity index (χ3v) is 8.77. The summed E-state index contributed by atoms with van der Waals surface area (Å²) in [5.74, 6) is -0.215. The first-order valence-electron chi connectivity index (χ1n) is 10.8. The van der Waals surface area contributed by atoms with Crippen LogP contribution in [0.5, 0.6) is 0 Å². The van der Waals surface area contributed by atoms with E-state index in [2.05, 4.69) is 28.4 Å². The van der Waals surface area contributed by atoms with Crippen LogP contribution in [0.25, 0.3) is 17.1 Å². The number of nitrogens with two attached hydrogens (primary N) is 1. The number of hydrogen-bond donors (Lipinski definition) is 7. The average Bonchev–Trinajstić information content (AvgIpc) is 3.33. The Morgan fingerprint density at radius 3 is 2.61 bits per heavy atom. The third-order valence-electron chi connectivity index (χ3n) is 4.96. The summed E-state index contributed by atoms with van der Waals surface area (Å²) < 4.78 is 53.2. The lowest BCUT2D eigenvalue weighted by molar-refractivity contribution is -0.116. The first-order chi connectivity index (χ1) is 17.6. The van der Waals surface area contributed by atoms with E-state index in [-0.39, 0.29) is 18.1 Å². The fourth-order valence-electron chi connectivity index (χ4n) is 3.46. The van der Waals surface area contributed by atoms with Crippen molar-refractivity contribution >= 4 is 52.3 Å². The molecule has 3 unspecified atom stereocenters. The largest absolute Gasteiger partial charge is 0.490 e. The fraction of sp³-hybridized carbons (Fsp3) is 0.471. The van der Waals surface area contributed by atoms with E-state index in [0.29, 0.717) is 23.1 Å². The number of nitrogen functional groups attached to an aromatic ring is 1. The lowest BCUT2D eigenvalue weighted by Crippen LogP contribution is -2.26. The van der Waals surface area contributed by atoms with E-state index < -0.39 is 48.5 Å². The minimum absolute atomic E-state index is 0.0573. The maximum atomic E-state index is 12.0. The standard InChI is InChI=1S/C17H26N5O13P3/c1-2-5-19-13(24)4-3-10-7-22(17-15(10)16(18)20-9-21-17)14-6-11(23)12(33-14)8-32-37(28,29)35-38(30,31)34-36(25,26)27/h3-4,7,9,11-12,14,23H,2,5-6,8H2,1H3,(H,19,24)(H,28,29)(H,30,31)(H2,18,20,21)(H2,25,26,27)/b4-3+/t11?,12-,14-/m1/s1. The molecule has 0 aromatic carbocycles. The number of ether oxygens (including phenoxy) is 1. The molecule has 1 amide bonds. The zero-order valence-electron chi connectivity index (χ0n) is 19.6. The highest BCUT2D eigenvalue weighted by atomic mass is 31.3. The summed E-state index contributed by atoms with van der Waals surface area (Å²) in [5.41, 5.74) is 6.78. The zero-order chi connectivity index (χ0) is 28.3. The molecular formula is C17H26N5O13P3. The number of aliphatic hydroxyl groups is 1. The first-order valence-corrected chi connectivity index (χ1v) is 15.3. The van der Waals surface area contributed by atoms with Crippen molar-refractivity contribution in [1.29, 1.82) is 0 Å². The van der Waals surface area contributed by atoms with Gasteiger partial charge >= 0.3 is 23.5 Å². The van der Waals surface area contributed by atoms with E-state index >= 15 is 0 Å². The number of hydrogen-bond acceptors (Lipinski definition) is 12. The quantitative estimate of drug-likeness (QED) is 0.129. The molecule has 38 heavy (non-hydrogen) atoms. The summed E-state index contributed by atoms with van der Waals surface area (Å²) in [5, 5.41) is 13.5. The van der Waals surface area contributed by atoms with Crippen LogP contribution in [-0.2, 0) is 36.4 Å². The molecule has 2 aromatic rings. The summed E-state index contributed by atoms with van der Waals surface area (Å²) in [6.07, 6.45) is 2.85. The SMILES string of the molecule is CCCNC(=O)/C=C/c1cn([C@H]2CC(O)[C@@H](COP(=O)(O)OP(=O)(O)OP(=O)(O)O)O2)c2ncnc(N)c12. The highest BCUT2D eigenvalue weighted by Gasteiger charge is 2.43. The third kappa shape index (κ3) is 8.23. The molecule has 1 saturated heterocycles. The van der Waals surface area contributed by atoms with E-state index in [1.165, 1.54) is 23.0 Å². The highest BCUT2D eigenvalue weighted by molar-refractivity contribution is 7.66. The average molecular weight is 601 g/mol. The van der Waals surface area contributed by atoms with E-state index in [9.17, 15) is 33.4 Å². The second-order valence-electron chi connectivity index (χ2n) is 7.89. The van der Waals surface area contributed by atoms with Crippen LogP contribution in [0.15, 0.2) is 18.6 Å². The Morgan fingerprint density at radius 2 is 1.95 bits per heavy atom. The normalized spacial score (nSPS) is 23.5. The lowest BCUT2D eigenvalue weighted by atomic mass is 10.2. The van der Waals surface area contributed by atoms with Crippen molar-refractivity contribution in [3.8, 4) is 0 Å². The summed E-state index contributed by atoms with van der Waals surface area (Å²) in [6, 6.07) is 0. The molecule has 1 fully saturated rings. The molecule has 0 radical (unpaired) electrons. The number of phosphoric ester groups is 1. The number of phosphoric acid groups is 3. The molecule has 18 nitrogen and oxygen atoms in total. The van der Waals surface area contributed by atoms with Crippen LogP contribution < -0.4 is 11.1 Å². The van der Waals surface area contributed by atoms with Gasteiger partial charge in [-0.25, -0.2) is 23.7 Å². The smallest absolute Gasteiger partial charge is 0.390 e. The number of aromatic nitrogens is 3. The number of nitrogens with zero attached hydrogens (tertiary/aromatic N) is 3. The molecule has 0 bridgehead atoms. The molecular weight excluding hydrogens is 575 g/mol. The molecule has 0 spiro atoms. The monoisotopic (exact) mass is 601 g/mol. The molecule has 1 aliphatic rings. The maximum absolute atomic E-state index is 12.0. The van der Waals surface area contributed by atoms with Gasteiger partial charge in [-0.2, -0.15) is 8.62 Å². The molecule has 5 atom stereocenters. The number of fused-ring (bicyclic) bond motifs is 1. The summed E-state index contributed by atoms with van der Waals surface area (Å²) in [4.78, 5) is 56.2. The van der Waals surface area contributed by atoms with Gasteiger partial charge in [0.2, 0.25) is 5.91 Å². The van der Waals surface area contributed by atoms with Gasteiger partial charge in [-0.05, 0) is 12.5 Å². The van der Waals surface area contributed by atoms with Gasteiger partial charge in [0.05, 0.1) is 18.1 Å². The Hall–Kier alpha value is -2.04. The van der Waals surface area contributed by atoms with Gasteiger partial charge < -0.3 is 45.0 Å². The van der Waals surface area contributed by atoms with Crippen LogP contribution in [0.1, 0.15) is 31.6 Å². The summed E-state index contributed by atoms with van der Waals surface area (Å²) in [6.45, 7) is 1.57. The molecule has 8 N–H and O–H groups in total. The van der Waals surface area contributed by atoms with Crippen LogP contribution in [0.3, 0.4) is 0 Å². The Labute approximate surface area is 214 Å². The van der Waals surface area contributed by atoms with Gasteiger partial charge in [0.1, 0.15) is 30.1 Å². The molecule has 3 heterocycles. The van der Waals surface area contributed by atoms with E-state index in [1.807, 2.05) is 6.92 Å². The van der Waals surface area contributed by atoms with Gasteiger partial charge in [0.25, 0.3) is 0 Å². The van der Waals surface area contributed by atoms with Crippen LogP contribution in [0, 0.1) is 0 Å². The van der Waals surface area contributed by atoms with Crippen molar-refractivity contribution in [1.82, 2.24) is 19.9 Å². The van der Waals surface area contributed by atoms with Crippen molar-refractivity contribution in [3.05, 3.63) is 24.2 Å². The number of nitrogens with one attached hydrogen (secondary N) is 1. The maximum Gasteiger partial charge on any atom is 0.490 e. The second kappa shape index (κ2) is 12.0. The number of rotatable bonds is 12. The Kier molecular flexibility index (Phi) is 9.63. The van der Waals surface area contributed by atoms with Crippen LogP contribution in [0.4, 0.5) is 5.82 Å². The number of amides is 1. The Balaban J connectivity index is 1.74. The molecule has 2 aromatic heterocycles. The van der Waals surface area contributed by atoms with Gasteiger partial charge in [0.15, 0.2) is 0 Å². The summed E-state index contributed by atoms with van der Waals surface area (Å²) in [7, 11) is -16.6. The van der Waals surface area contributed by atoms with E-state index in [4.69, 9.17) is 20.3 Å². The van der Waals surface area contributed by atoms with Crippen LogP contribution in [-0.4, -0.2) is 70.5 Å². The first kappa shape index (κ1) is 30.5. The minimum atomic E-state index is -5.69. The molecule has 21 heteroatoms. The Bertz CT molecular complexity index is 1340. The second-order valence-corrected chi connectivity index (χ2v) is 12.3. The number of aliphatic hydroxyl groups excluding tert-OH is 1. The fourth-order valence-corrected chi connectivity index (χ4v) is 6.49. The van der Waals surface area contributed by atoms with E-state index in [0.717, 1.165) is 6.42 Å². The lowest BCUT2D eigenvalue weighted by Gasteiger charge is -2.19. The zero-order valence-corrected chi connectivity index (χ0v) is 22.3. The Morgan fingerprint density at radius 1 is 1.24 bits per heavy atom. The molecule has 212 valence electrons. The van der Waals surface area contributed by atoms with Gasteiger partial charge in [0, 0.05) is 30.8 Å². The predicted octanol–water partition coefficient (Wildman–Crippen LogP) is 0.545. The summed E-state index contributed by atoms with van der Waals surface area (Å²) >= 11 is 0. The van der Waals surface area contributed by atoms with Crippen molar-refractivity contribution in [2.75, 3.05) is 18.9 Å². The van der Waals surface area contributed by atoms with Crippen molar-refractivity contribution < 1.29 is 61.1 Å². The van der Waals surface area contributed by atoms with Gasteiger partial charge in [-0.1, -0.05) is 6.92 Å². The van der Waals surface area contributed by atoms with Gasteiger partial charge in [-0.3, -0.25) is 9.32 Å². The van der Waals surface area contributed by atoms with Crippen LogP contribution in [0.2, 0.25) is 0 Å². The highest BCUT2D eigenvalue weighted by Crippen LogP contribution is 2.66. The minimum Gasteiger partial charge on any atom is -0.390 e. The molecule has 1 aliphatic heterocycles. The van der Waals surface area contributed by atoms with Gasteiger partial charge in [-0.15, -0.1) is 0 Å². The molecule has 3 rings (SSSR count). The van der Waals surface area contributed by atoms with E-state index in [1.54, 1.807) is 6.20 Å². The number of anilines is 1. The predicted molar refractivity (Wildman–Crippen MR) is 129 cm³/mol.